The molecule has 0 heterocycles. The summed E-state index contributed by atoms with van der Waals surface area (Å²) in [6.45, 7) is 0.221. The molecule has 7 nitrogen and oxygen atoms in total. The molecule has 0 amide bonds. The van der Waals surface area contributed by atoms with Gasteiger partial charge in [-0.3, -0.25) is 20.2 Å². The molecule has 0 saturated carbocycles. The van der Waals surface area contributed by atoms with Crippen LogP contribution in [-0.2, 0) is 14.9 Å². The Kier molecular flexibility index (Phi) is 5.55. The first-order chi connectivity index (χ1) is 5.92. The summed E-state index contributed by atoms with van der Waals surface area (Å²) in [6, 6.07) is 0. The van der Waals surface area contributed by atoms with Crippen molar-refractivity contribution in [2.45, 2.75) is 6.42 Å². The van der Waals surface area contributed by atoms with Gasteiger partial charge >= 0.3 is 5.97 Å². The number of carboxylic acids is 1. The van der Waals surface area contributed by atoms with Crippen molar-refractivity contribution in [2.24, 2.45) is 0 Å². The first-order valence-electron chi connectivity index (χ1n) is 3.54. The number of nitrogens with one attached hydrogen (secondary N) is 2. The van der Waals surface area contributed by atoms with Gasteiger partial charge in [0.15, 0.2) is 0 Å². The van der Waals surface area contributed by atoms with Crippen LogP contribution in [0.2, 0.25) is 0 Å². The third-order valence-corrected chi connectivity index (χ3v) is 1.79. The van der Waals surface area contributed by atoms with Crippen LogP contribution < -0.4 is 10.9 Å². The Bertz CT molecular complexity index is 250. The van der Waals surface area contributed by atoms with Crippen LogP contribution in [0, 0.1) is 0 Å². The minimum absolute atomic E-state index is 0.0262. The molecule has 4 N–H and O–H groups in total. The zero-order chi connectivity index (χ0) is 10.3. The van der Waals surface area contributed by atoms with E-state index in [-0.39, 0.29) is 19.5 Å². The monoisotopic (exact) mass is 212 g/mol. The lowest BCUT2D eigenvalue weighted by atomic mass is 10.4. The van der Waals surface area contributed by atoms with E-state index in [4.69, 9.17) is 9.66 Å². The van der Waals surface area contributed by atoms with Gasteiger partial charge in [-0.1, -0.05) is 0 Å². The number of hydrogen-bond acceptors (Lipinski definition) is 5. The Morgan fingerprint density at radius 2 is 1.77 bits per heavy atom. The van der Waals surface area contributed by atoms with Crippen LogP contribution in [0.4, 0.5) is 0 Å². The van der Waals surface area contributed by atoms with E-state index >= 15 is 0 Å². The molecule has 0 rings (SSSR count). The van der Waals surface area contributed by atoms with Crippen molar-refractivity contribution < 1.29 is 22.9 Å². The van der Waals surface area contributed by atoms with Crippen molar-refractivity contribution in [1.29, 1.82) is 0 Å². The fourth-order valence-electron chi connectivity index (χ4n) is 0.526. The standard InChI is InChI=1S/C5H12N2O5S/c8-5(9)1-2-6-7-3-4-13(10,11)12/h6-7H,1-4H2,(H,8,9)(H,10,11,12). The molecule has 13 heavy (non-hydrogen) atoms. The molecule has 0 aromatic heterocycles. The van der Waals surface area contributed by atoms with Crippen LogP contribution in [-0.4, -0.2) is 42.9 Å². The molecule has 78 valence electrons. The van der Waals surface area contributed by atoms with E-state index in [0.29, 0.717) is 0 Å². The third-order valence-electron chi connectivity index (χ3n) is 1.07. The first kappa shape index (κ1) is 12.3. The number of hydrazine groups is 1. The molecule has 0 unspecified atom stereocenters. The van der Waals surface area contributed by atoms with Gasteiger partial charge in [0.25, 0.3) is 10.1 Å². The maximum absolute atomic E-state index is 10.2. The van der Waals surface area contributed by atoms with Gasteiger partial charge in [-0.05, 0) is 0 Å². The summed E-state index contributed by atoms with van der Waals surface area (Å²) in [4.78, 5) is 9.99. The van der Waals surface area contributed by atoms with Gasteiger partial charge in [-0.25, -0.2) is 0 Å². The largest absolute Gasteiger partial charge is 0.481 e. The van der Waals surface area contributed by atoms with Gasteiger partial charge in [0, 0.05) is 13.1 Å². The van der Waals surface area contributed by atoms with Crippen LogP contribution in [0.15, 0.2) is 0 Å². The van der Waals surface area contributed by atoms with Gasteiger partial charge < -0.3 is 5.11 Å². The summed E-state index contributed by atoms with van der Waals surface area (Å²) < 4.78 is 28.6. The van der Waals surface area contributed by atoms with Gasteiger partial charge in [-0.2, -0.15) is 8.42 Å². The van der Waals surface area contributed by atoms with Crippen molar-refractivity contribution in [1.82, 2.24) is 10.9 Å². The van der Waals surface area contributed by atoms with Gasteiger partial charge in [0.2, 0.25) is 0 Å². The van der Waals surface area contributed by atoms with E-state index in [1.807, 2.05) is 0 Å². The molecular weight excluding hydrogens is 200 g/mol. The highest BCUT2D eigenvalue weighted by molar-refractivity contribution is 7.85. The molecular formula is C5H12N2O5S. The fourth-order valence-corrected chi connectivity index (χ4v) is 0.886. The molecule has 0 radical (unpaired) electrons. The Morgan fingerprint density at radius 3 is 2.23 bits per heavy atom. The van der Waals surface area contributed by atoms with Crippen LogP contribution in [0.1, 0.15) is 6.42 Å². The molecule has 0 aliphatic carbocycles. The number of aliphatic carboxylic acids is 1. The van der Waals surface area contributed by atoms with E-state index in [2.05, 4.69) is 10.9 Å². The highest BCUT2D eigenvalue weighted by atomic mass is 32.2. The lowest BCUT2D eigenvalue weighted by Crippen LogP contribution is -2.36. The van der Waals surface area contributed by atoms with E-state index in [0.717, 1.165) is 0 Å². The Labute approximate surface area is 75.9 Å². The summed E-state index contributed by atoms with van der Waals surface area (Å²) in [5.41, 5.74) is 4.93. The average Bonchev–Trinajstić information content (AvgIpc) is 1.93. The second-order valence-corrected chi connectivity index (χ2v) is 3.86. The van der Waals surface area contributed by atoms with E-state index < -0.39 is 21.8 Å². The van der Waals surface area contributed by atoms with Crippen molar-refractivity contribution in [2.75, 3.05) is 18.8 Å². The van der Waals surface area contributed by atoms with Crippen LogP contribution in [0.25, 0.3) is 0 Å². The molecule has 0 bridgehead atoms. The predicted molar refractivity (Wildman–Crippen MR) is 44.7 cm³/mol. The van der Waals surface area contributed by atoms with Crippen molar-refractivity contribution in [3.8, 4) is 0 Å². The van der Waals surface area contributed by atoms with Gasteiger partial charge in [-0.15, -0.1) is 0 Å². The quantitative estimate of drug-likeness (QED) is 0.229. The highest BCUT2D eigenvalue weighted by Gasteiger charge is 2.02. The maximum Gasteiger partial charge on any atom is 0.304 e. The molecule has 0 saturated heterocycles. The van der Waals surface area contributed by atoms with Crippen molar-refractivity contribution in [3.63, 3.8) is 0 Å². The van der Waals surface area contributed by atoms with E-state index in [1.54, 1.807) is 0 Å². The summed E-state index contributed by atoms with van der Waals surface area (Å²) in [5, 5.41) is 8.20. The number of carbonyl (C=O) groups is 1. The van der Waals surface area contributed by atoms with E-state index in [1.165, 1.54) is 0 Å². The molecule has 8 heteroatoms. The summed E-state index contributed by atoms with van der Waals surface area (Å²) in [6.07, 6.45) is -0.0567. The lowest BCUT2D eigenvalue weighted by Gasteiger charge is -2.03. The topological polar surface area (TPSA) is 116 Å². The third kappa shape index (κ3) is 11.3. The second-order valence-electron chi connectivity index (χ2n) is 2.28. The molecule has 0 aliphatic heterocycles. The minimum Gasteiger partial charge on any atom is -0.481 e. The first-order valence-corrected chi connectivity index (χ1v) is 5.15. The zero-order valence-electron chi connectivity index (χ0n) is 6.86. The van der Waals surface area contributed by atoms with E-state index in [9.17, 15) is 13.2 Å². The molecule has 0 fully saturated rings. The van der Waals surface area contributed by atoms with Gasteiger partial charge in [0.05, 0.1) is 12.2 Å². The Morgan fingerprint density at radius 1 is 1.23 bits per heavy atom. The normalized spacial score (nSPS) is 11.5. The highest BCUT2D eigenvalue weighted by Crippen LogP contribution is 1.77. The van der Waals surface area contributed by atoms with Crippen molar-refractivity contribution >= 4 is 16.1 Å². The maximum atomic E-state index is 10.2. The van der Waals surface area contributed by atoms with Gasteiger partial charge in [0.1, 0.15) is 0 Å². The molecule has 0 aliphatic rings. The fraction of sp³-hybridized carbons (Fsp3) is 0.800. The average molecular weight is 212 g/mol. The Hall–Kier alpha value is -0.700. The summed E-state index contributed by atoms with van der Waals surface area (Å²) in [7, 11) is -3.95. The zero-order valence-corrected chi connectivity index (χ0v) is 7.67. The minimum atomic E-state index is -3.95. The number of carboxylic acid groups (broad SMARTS) is 1. The lowest BCUT2D eigenvalue weighted by molar-refractivity contribution is -0.136. The van der Waals surface area contributed by atoms with Crippen LogP contribution in [0.3, 0.4) is 0 Å². The second kappa shape index (κ2) is 5.86. The molecule has 0 aromatic rings. The molecule has 0 aromatic carbocycles. The SMILES string of the molecule is O=C(O)CCNNCCS(=O)(=O)O. The number of rotatable bonds is 7. The van der Waals surface area contributed by atoms with Crippen molar-refractivity contribution in [3.05, 3.63) is 0 Å². The smallest absolute Gasteiger partial charge is 0.304 e. The summed E-state index contributed by atoms with van der Waals surface area (Å²) >= 11 is 0. The van der Waals surface area contributed by atoms with Crippen LogP contribution in [0.5, 0.6) is 0 Å². The predicted octanol–water partition coefficient (Wildman–Crippen LogP) is -1.56. The van der Waals surface area contributed by atoms with Crippen LogP contribution >= 0.6 is 0 Å². The molecule has 0 spiro atoms. The number of hydrogen-bond donors (Lipinski definition) is 4. The molecule has 0 atom stereocenters. The Balaban J connectivity index is 3.23. The summed E-state index contributed by atoms with van der Waals surface area (Å²) in [5.74, 6) is -1.35.